The summed E-state index contributed by atoms with van der Waals surface area (Å²) in [5.41, 5.74) is -0.286. The first-order valence-electron chi connectivity index (χ1n) is 5.25. The molecule has 1 aromatic rings. The molecule has 1 aromatic carbocycles. The lowest BCUT2D eigenvalue weighted by atomic mass is 10.0. The lowest BCUT2D eigenvalue weighted by Gasteiger charge is -2.27. The van der Waals surface area contributed by atoms with Gasteiger partial charge in [-0.3, -0.25) is 4.79 Å². The maximum Gasteiger partial charge on any atom is 0.251 e. The van der Waals surface area contributed by atoms with Gasteiger partial charge in [0.1, 0.15) is 0 Å². The predicted octanol–water partition coefficient (Wildman–Crippen LogP) is 3.26. The van der Waals surface area contributed by atoms with Crippen molar-refractivity contribution < 1.29 is 13.6 Å². The van der Waals surface area contributed by atoms with Crippen LogP contribution in [-0.2, 0) is 0 Å². The van der Waals surface area contributed by atoms with E-state index in [1.54, 1.807) is 0 Å². The second kappa shape index (κ2) is 5.58. The molecule has 0 spiro atoms. The SMILES string of the molecule is CCC(C)(CBr)NC(=O)c1ccc(F)c(F)c1. The average Bonchev–Trinajstić information content (AvgIpc) is 2.32. The van der Waals surface area contributed by atoms with Crippen LogP contribution in [0.3, 0.4) is 0 Å². The van der Waals surface area contributed by atoms with Gasteiger partial charge in [-0.1, -0.05) is 22.9 Å². The number of hydrogen-bond donors (Lipinski definition) is 1. The highest BCUT2D eigenvalue weighted by molar-refractivity contribution is 9.09. The van der Waals surface area contributed by atoms with Gasteiger partial charge in [-0.05, 0) is 31.5 Å². The molecule has 1 atom stereocenters. The first-order chi connectivity index (χ1) is 7.91. The zero-order valence-electron chi connectivity index (χ0n) is 9.69. The van der Waals surface area contributed by atoms with E-state index in [9.17, 15) is 13.6 Å². The molecular formula is C12H14BrF2NO. The maximum absolute atomic E-state index is 13.0. The third-order valence-corrected chi connectivity index (χ3v) is 3.91. The number of nitrogens with one attached hydrogen (secondary N) is 1. The number of carbonyl (C=O) groups is 1. The van der Waals surface area contributed by atoms with Crippen LogP contribution in [0.1, 0.15) is 30.6 Å². The number of rotatable bonds is 4. The fourth-order valence-corrected chi connectivity index (χ4v) is 1.74. The highest BCUT2D eigenvalue weighted by Crippen LogP contribution is 2.15. The monoisotopic (exact) mass is 305 g/mol. The summed E-state index contributed by atoms with van der Waals surface area (Å²) in [6, 6.07) is 3.11. The Balaban J connectivity index is 2.86. The minimum atomic E-state index is -1.02. The highest BCUT2D eigenvalue weighted by atomic mass is 79.9. The summed E-state index contributed by atoms with van der Waals surface area (Å²) >= 11 is 3.31. The average molecular weight is 306 g/mol. The van der Waals surface area contributed by atoms with Crippen LogP contribution in [0, 0.1) is 11.6 Å². The second-order valence-corrected chi connectivity index (χ2v) is 4.69. The molecule has 0 aromatic heterocycles. The summed E-state index contributed by atoms with van der Waals surface area (Å²) in [6.45, 7) is 3.81. The van der Waals surface area contributed by atoms with Crippen LogP contribution in [0.2, 0.25) is 0 Å². The molecule has 1 N–H and O–H groups in total. The molecule has 2 nitrogen and oxygen atoms in total. The molecule has 0 aliphatic rings. The molecule has 0 radical (unpaired) electrons. The fourth-order valence-electron chi connectivity index (χ4n) is 1.20. The molecular weight excluding hydrogens is 292 g/mol. The molecule has 1 rings (SSSR count). The number of benzene rings is 1. The maximum atomic E-state index is 13.0. The van der Waals surface area contributed by atoms with Crippen LogP contribution in [0.15, 0.2) is 18.2 Å². The van der Waals surface area contributed by atoms with E-state index in [2.05, 4.69) is 21.2 Å². The smallest absolute Gasteiger partial charge is 0.251 e. The Morgan fingerprint density at radius 2 is 2.06 bits per heavy atom. The Labute approximate surface area is 108 Å². The number of amides is 1. The topological polar surface area (TPSA) is 29.1 Å². The lowest BCUT2D eigenvalue weighted by molar-refractivity contribution is 0.0913. The number of hydrogen-bond acceptors (Lipinski definition) is 1. The van der Waals surface area contributed by atoms with Crippen molar-refractivity contribution in [2.24, 2.45) is 0 Å². The van der Waals surface area contributed by atoms with E-state index in [0.29, 0.717) is 5.33 Å². The predicted molar refractivity (Wildman–Crippen MR) is 66.3 cm³/mol. The molecule has 0 saturated carbocycles. The highest BCUT2D eigenvalue weighted by Gasteiger charge is 2.23. The van der Waals surface area contributed by atoms with E-state index in [1.807, 2.05) is 13.8 Å². The summed E-state index contributed by atoms with van der Waals surface area (Å²) in [5.74, 6) is -2.39. The first kappa shape index (κ1) is 14.1. The Bertz CT molecular complexity index is 419. The molecule has 1 amide bonds. The molecule has 0 aliphatic carbocycles. The van der Waals surface area contributed by atoms with E-state index < -0.39 is 23.1 Å². The van der Waals surface area contributed by atoms with Crippen molar-refractivity contribution in [3.8, 4) is 0 Å². The summed E-state index contributed by atoms with van der Waals surface area (Å²) < 4.78 is 25.7. The van der Waals surface area contributed by atoms with Gasteiger partial charge in [0.15, 0.2) is 11.6 Å². The largest absolute Gasteiger partial charge is 0.346 e. The second-order valence-electron chi connectivity index (χ2n) is 4.13. The quantitative estimate of drug-likeness (QED) is 0.850. The zero-order chi connectivity index (χ0) is 13.1. The van der Waals surface area contributed by atoms with Crippen molar-refractivity contribution in [2.45, 2.75) is 25.8 Å². The molecule has 0 bridgehead atoms. The van der Waals surface area contributed by atoms with Crippen molar-refractivity contribution in [2.75, 3.05) is 5.33 Å². The minimum absolute atomic E-state index is 0.115. The molecule has 0 saturated heterocycles. The van der Waals surface area contributed by atoms with E-state index in [4.69, 9.17) is 0 Å². The summed E-state index contributed by atoms with van der Waals surface area (Å²) in [5, 5.41) is 3.37. The Morgan fingerprint density at radius 1 is 1.41 bits per heavy atom. The molecule has 17 heavy (non-hydrogen) atoms. The van der Waals surface area contributed by atoms with Gasteiger partial charge in [-0.2, -0.15) is 0 Å². The lowest BCUT2D eigenvalue weighted by Crippen LogP contribution is -2.46. The summed E-state index contributed by atoms with van der Waals surface area (Å²) in [6.07, 6.45) is 0.730. The Kier molecular flexibility index (Phi) is 4.62. The van der Waals surface area contributed by atoms with Gasteiger partial charge < -0.3 is 5.32 Å². The first-order valence-corrected chi connectivity index (χ1v) is 6.37. The van der Waals surface area contributed by atoms with Crippen molar-refractivity contribution in [3.63, 3.8) is 0 Å². The van der Waals surface area contributed by atoms with Crippen LogP contribution in [0.25, 0.3) is 0 Å². The van der Waals surface area contributed by atoms with Gasteiger partial charge in [-0.15, -0.1) is 0 Å². The van der Waals surface area contributed by atoms with Crippen molar-refractivity contribution in [3.05, 3.63) is 35.4 Å². The Morgan fingerprint density at radius 3 is 2.53 bits per heavy atom. The Hall–Kier alpha value is -0.970. The molecule has 0 fully saturated rings. The van der Waals surface area contributed by atoms with Gasteiger partial charge >= 0.3 is 0 Å². The third-order valence-electron chi connectivity index (χ3n) is 2.67. The number of carbonyl (C=O) groups excluding carboxylic acids is 1. The summed E-state index contributed by atoms with van der Waals surface area (Å²) in [4.78, 5) is 11.8. The van der Waals surface area contributed by atoms with Crippen LogP contribution in [0.5, 0.6) is 0 Å². The van der Waals surface area contributed by atoms with E-state index in [-0.39, 0.29) is 5.56 Å². The van der Waals surface area contributed by atoms with Gasteiger partial charge in [0.25, 0.3) is 5.91 Å². The van der Waals surface area contributed by atoms with Crippen LogP contribution in [0.4, 0.5) is 8.78 Å². The van der Waals surface area contributed by atoms with Gasteiger partial charge in [-0.25, -0.2) is 8.78 Å². The van der Waals surface area contributed by atoms with Crippen LogP contribution in [-0.4, -0.2) is 16.8 Å². The number of alkyl halides is 1. The third kappa shape index (κ3) is 3.49. The molecule has 5 heteroatoms. The van der Waals surface area contributed by atoms with E-state index in [0.717, 1.165) is 18.6 Å². The summed E-state index contributed by atoms with van der Waals surface area (Å²) in [7, 11) is 0. The molecule has 0 aliphatic heterocycles. The molecule has 1 unspecified atom stereocenters. The standard InChI is InChI=1S/C12H14BrF2NO/c1-3-12(2,7-13)16-11(17)8-4-5-9(14)10(15)6-8/h4-6H,3,7H2,1-2H3,(H,16,17). The normalized spacial score (nSPS) is 14.2. The minimum Gasteiger partial charge on any atom is -0.346 e. The fraction of sp³-hybridized carbons (Fsp3) is 0.417. The molecule has 0 heterocycles. The van der Waals surface area contributed by atoms with Crippen molar-refractivity contribution in [1.29, 1.82) is 0 Å². The van der Waals surface area contributed by atoms with Crippen molar-refractivity contribution >= 4 is 21.8 Å². The van der Waals surface area contributed by atoms with Gasteiger partial charge in [0.2, 0.25) is 0 Å². The molecule has 94 valence electrons. The van der Waals surface area contributed by atoms with Gasteiger partial charge in [0.05, 0.1) is 0 Å². The van der Waals surface area contributed by atoms with E-state index in [1.165, 1.54) is 6.07 Å². The number of halogens is 3. The van der Waals surface area contributed by atoms with E-state index >= 15 is 0 Å². The van der Waals surface area contributed by atoms with Crippen LogP contribution >= 0.6 is 15.9 Å². The van der Waals surface area contributed by atoms with Crippen LogP contribution < -0.4 is 5.32 Å². The zero-order valence-corrected chi connectivity index (χ0v) is 11.3. The van der Waals surface area contributed by atoms with Gasteiger partial charge in [0, 0.05) is 16.4 Å². The van der Waals surface area contributed by atoms with Crippen molar-refractivity contribution in [1.82, 2.24) is 5.32 Å².